The molecule has 150 valence electrons. The maximum Gasteiger partial charge on any atom is 0.270 e. The molecular weight excluding hydrogens is 380 g/mol. The topological polar surface area (TPSA) is 92.5 Å². The van der Waals surface area contributed by atoms with E-state index in [1.165, 1.54) is 12.1 Å². The molecule has 0 heterocycles. The predicted octanol–water partition coefficient (Wildman–Crippen LogP) is 5.80. The first-order valence-electron chi connectivity index (χ1n) is 8.85. The van der Waals surface area contributed by atoms with Crippen LogP contribution in [0.25, 0.3) is 0 Å². The second-order valence-corrected chi connectivity index (χ2v) is 9.20. The van der Waals surface area contributed by atoms with Crippen molar-refractivity contribution in [1.29, 1.82) is 0 Å². The van der Waals surface area contributed by atoms with E-state index in [4.69, 9.17) is 11.6 Å². The predicted molar refractivity (Wildman–Crippen MR) is 112 cm³/mol. The van der Waals surface area contributed by atoms with E-state index in [0.717, 1.165) is 6.07 Å². The number of carbonyl (C=O) groups excluding carboxylic acids is 1. The van der Waals surface area contributed by atoms with Gasteiger partial charge in [0.25, 0.3) is 11.6 Å². The fourth-order valence-electron chi connectivity index (χ4n) is 2.85. The summed E-state index contributed by atoms with van der Waals surface area (Å²) in [5, 5.41) is 24.6. The Balaban J connectivity index is 2.53. The Hall–Kier alpha value is -2.60. The van der Waals surface area contributed by atoms with Crippen LogP contribution in [-0.4, -0.2) is 15.9 Å². The van der Waals surface area contributed by atoms with Crippen molar-refractivity contribution in [1.82, 2.24) is 0 Å². The molecule has 2 aromatic carbocycles. The van der Waals surface area contributed by atoms with Gasteiger partial charge >= 0.3 is 0 Å². The van der Waals surface area contributed by atoms with E-state index in [-0.39, 0.29) is 32.9 Å². The highest BCUT2D eigenvalue weighted by Crippen LogP contribution is 2.41. The zero-order chi connectivity index (χ0) is 21.4. The van der Waals surface area contributed by atoms with Crippen LogP contribution < -0.4 is 5.32 Å². The molecule has 2 N–H and O–H groups in total. The molecule has 0 radical (unpaired) electrons. The monoisotopic (exact) mass is 404 g/mol. The third-order valence-electron chi connectivity index (χ3n) is 4.39. The fourth-order valence-corrected chi connectivity index (χ4v) is 3.05. The quantitative estimate of drug-likeness (QED) is 0.384. The number of nitro groups is 1. The van der Waals surface area contributed by atoms with Crippen LogP contribution in [0.5, 0.6) is 5.75 Å². The molecule has 0 spiro atoms. The minimum absolute atomic E-state index is 0.0126. The fraction of sp³-hybridized carbons (Fsp3) is 0.381. The summed E-state index contributed by atoms with van der Waals surface area (Å²) in [5.74, 6) is -0.356. The maximum absolute atomic E-state index is 12.7. The van der Waals surface area contributed by atoms with Crippen LogP contribution in [0, 0.1) is 10.1 Å². The first kappa shape index (κ1) is 21.7. The van der Waals surface area contributed by atoms with Crippen molar-refractivity contribution >= 4 is 28.9 Å². The average Bonchev–Trinajstić information content (AvgIpc) is 2.54. The number of hydrogen-bond acceptors (Lipinski definition) is 4. The number of hydrogen-bond donors (Lipinski definition) is 2. The van der Waals surface area contributed by atoms with E-state index >= 15 is 0 Å². The van der Waals surface area contributed by atoms with Crippen LogP contribution in [0.4, 0.5) is 11.4 Å². The highest BCUT2D eigenvalue weighted by Gasteiger charge is 2.27. The molecule has 0 unspecified atom stereocenters. The number of rotatable bonds is 3. The second-order valence-electron chi connectivity index (χ2n) is 8.80. The molecule has 0 saturated carbocycles. The van der Waals surface area contributed by atoms with Crippen LogP contribution in [-0.2, 0) is 10.8 Å². The number of aromatic hydroxyl groups is 1. The molecule has 0 saturated heterocycles. The lowest BCUT2D eigenvalue weighted by Crippen LogP contribution is -2.19. The van der Waals surface area contributed by atoms with Gasteiger partial charge in [0, 0.05) is 28.9 Å². The van der Waals surface area contributed by atoms with Gasteiger partial charge in [0.15, 0.2) is 0 Å². The zero-order valence-corrected chi connectivity index (χ0v) is 17.6. The first-order valence-corrected chi connectivity index (χ1v) is 9.23. The number of non-ortho nitro benzene ring substituents is 1. The molecule has 0 fully saturated rings. The van der Waals surface area contributed by atoms with E-state index in [2.05, 4.69) is 5.32 Å². The number of phenols is 1. The summed E-state index contributed by atoms with van der Waals surface area (Å²) in [7, 11) is 0. The first-order chi connectivity index (χ1) is 12.7. The van der Waals surface area contributed by atoms with E-state index in [1.807, 2.05) is 41.5 Å². The normalized spacial score (nSPS) is 12.0. The molecule has 0 aliphatic heterocycles. The van der Waals surface area contributed by atoms with Gasteiger partial charge in [-0.1, -0.05) is 53.1 Å². The van der Waals surface area contributed by atoms with Crippen molar-refractivity contribution in [3.63, 3.8) is 0 Å². The molecule has 0 aliphatic carbocycles. The number of phenolic OH excluding ortho intramolecular Hbond substituents is 1. The number of halogens is 1. The molecule has 1 amide bonds. The molecule has 0 atom stereocenters. The Labute approximate surface area is 169 Å². The summed E-state index contributed by atoms with van der Waals surface area (Å²) >= 11 is 6.07. The van der Waals surface area contributed by atoms with Crippen LogP contribution in [0.15, 0.2) is 30.3 Å². The Morgan fingerprint density at radius 3 is 1.96 bits per heavy atom. The summed E-state index contributed by atoms with van der Waals surface area (Å²) in [6.07, 6.45) is 0. The van der Waals surface area contributed by atoms with Crippen LogP contribution in [0.1, 0.15) is 63.0 Å². The molecule has 0 bridgehead atoms. The standard InChI is InChI=1S/C21H25ClN2O4/c1-20(2,3)15-9-12(10-16(18(15)25)21(4,5)6)23-19(26)14-11-13(24(27)28)7-8-17(14)22/h7-11,25H,1-6H3,(H,23,26). The molecule has 7 heteroatoms. The lowest BCUT2D eigenvalue weighted by molar-refractivity contribution is -0.384. The number of anilines is 1. The van der Waals surface area contributed by atoms with Crippen molar-refractivity contribution < 1.29 is 14.8 Å². The van der Waals surface area contributed by atoms with Gasteiger partial charge in [-0.2, -0.15) is 0 Å². The van der Waals surface area contributed by atoms with Gasteiger partial charge in [-0.3, -0.25) is 14.9 Å². The van der Waals surface area contributed by atoms with Gasteiger partial charge in [0.2, 0.25) is 0 Å². The Morgan fingerprint density at radius 2 is 1.54 bits per heavy atom. The van der Waals surface area contributed by atoms with E-state index < -0.39 is 10.8 Å². The Kier molecular flexibility index (Phi) is 5.76. The van der Waals surface area contributed by atoms with Gasteiger partial charge < -0.3 is 10.4 Å². The van der Waals surface area contributed by atoms with E-state index in [1.54, 1.807) is 12.1 Å². The van der Waals surface area contributed by atoms with Crippen LogP contribution in [0.3, 0.4) is 0 Å². The number of nitrogens with one attached hydrogen (secondary N) is 1. The van der Waals surface area contributed by atoms with Gasteiger partial charge in [-0.05, 0) is 29.0 Å². The molecule has 2 aromatic rings. The summed E-state index contributed by atoms with van der Waals surface area (Å²) < 4.78 is 0. The summed E-state index contributed by atoms with van der Waals surface area (Å²) in [6, 6.07) is 7.15. The van der Waals surface area contributed by atoms with Gasteiger partial charge in [-0.15, -0.1) is 0 Å². The number of benzene rings is 2. The lowest BCUT2D eigenvalue weighted by Gasteiger charge is -2.28. The third kappa shape index (κ3) is 4.62. The zero-order valence-electron chi connectivity index (χ0n) is 16.9. The average molecular weight is 405 g/mol. The molecule has 28 heavy (non-hydrogen) atoms. The minimum Gasteiger partial charge on any atom is -0.507 e. The summed E-state index contributed by atoms with van der Waals surface area (Å²) in [6.45, 7) is 11.8. The second kappa shape index (κ2) is 7.43. The highest BCUT2D eigenvalue weighted by atomic mass is 35.5. The number of amides is 1. The molecular formula is C21H25ClN2O4. The van der Waals surface area contributed by atoms with Crippen molar-refractivity contribution in [3.05, 3.63) is 62.2 Å². The Bertz CT molecular complexity index is 905. The number of carbonyl (C=O) groups is 1. The summed E-state index contributed by atoms with van der Waals surface area (Å²) in [5.41, 5.74) is 0.965. The SMILES string of the molecule is CC(C)(C)c1cc(NC(=O)c2cc([N+](=O)[O-])ccc2Cl)cc(C(C)(C)C)c1O. The molecule has 6 nitrogen and oxygen atoms in total. The molecule has 0 aromatic heterocycles. The van der Waals surface area contributed by atoms with E-state index in [0.29, 0.717) is 16.8 Å². The van der Waals surface area contributed by atoms with Gasteiger partial charge in [0.05, 0.1) is 15.5 Å². The van der Waals surface area contributed by atoms with Crippen molar-refractivity contribution in [3.8, 4) is 5.75 Å². The third-order valence-corrected chi connectivity index (χ3v) is 4.72. The maximum atomic E-state index is 12.7. The van der Waals surface area contributed by atoms with Crippen molar-refractivity contribution in [2.75, 3.05) is 5.32 Å². The largest absolute Gasteiger partial charge is 0.507 e. The highest BCUT2D eigenvalue weighted by molar-refractivity contribution is 6.34. The Morgan fingerprint density at radius 1 is 1.04 bits per heavy atom. The van der Waals surface area contributed by atoms with Gasteiger partial charge in [-0.25, -0.2) is 0 Å². The van der Waals surface area contributed by atoms with Crippen molar-refractivity contribution in [2.45, 2.75) is 52.4 Å². The number of nitrogens with zero attached hydrogens (tertiary/aromatic N) is 1. The molecule has 0 aliphatic rings. The van der Waals surface area contributed by atoms with Crippen LogP contribution >= 0.6 is 11.6 Å². The number of nitro benzene ring substituents is 1. The lowest BCUT2D eigenvalue weighted by atomic mass is 9.79. The van der Waals surface area contributed by atoms with Gasteiger partial charge in [0.1, 0.15) is 5.75 Å². The van der Waals surface area contributed by atoms with Crippen LogP contribution in [0.2, 0.25) is 5.02 Å². The summed E-state index contributed by atoms with van der Waals surface area (Å²) in [4.78, 5) is 23.2. The van der Waals surface area contributed by atoms with E-state index in [9.17, 15) is 20.0 Å². The van der Waals surface area contributed by atoms with Crippen molar-refractivity contribution in [2.24, 2.45) is 0 Å². The minimum atomic E-state index is -0.580. The molecule has 2 rings (SSSR count). The smallest absolute Gasteiger partial charge is 0.270 e.